The van der Waals surface area contributed by atoms with Gasteiger partial charge < -0.3 is 4.74 Å². The van der Waals surface area contributed by atoms with E-state index in [0.717, 1.165) is 0 Å². The highest BCUT2D eigenvalue weighted by Gasteiger charge is 2.34. The first kappa shape index (κ1) is 17.8. The zero-order valence-electron chi connectivity index (χ0n) is 14.3. The van der Waals surface area contributed by atoms with Gasteiger partial charge in [-0.25, -0.2) is 4.39 Å². The number of amides is 2. The number of benzene rings is 2. The Labute approximate surface area is 150 Å². The molecule has 2 amide bonds. The minimum absolute atomic E-state index is 0.0305. The Bertz CT molecular complexity index is 843. The van der Waals surface area contributed by atoms with Crippen LogP contribution in [0.5, 0.6) is 5.75 Å². The van der Waals surface area contributed by atoms with Crippen LogP contribution >= 0.6 is 0 Å². The summed E-state index contributed by atoms with van der Waals surface area (Å²) in [6.45, 7) is 1.94. The topological polar surface area (TPSA) is 63.7 Å². The summed E-state index contributed by atoms with van der Waals surface area (Å²) in [6, 6.07) is 10.9. The monoisotopic (exact) mass is 355 g/mol. The third-order valence-corrected chi connectivity index (χ3v) is 4.24. The van der Waals surface area contributed by atoms with Gasteiger partial charge in [-0.2, -0.15) is 0 Å². The summed E-state index contributed by atoms with van der Waals surface area (Å²) in [5.74, 6) is -1.15. The Hall–Kier alpha value is -3.02. The van der Waals surface area contributed by atoms with Crippen molar-refractivity contribution < 1.29 is 23.5 Å². The molecule has 0 atom stereocenters. The highest BCUT2D eigenvalue weighted by atomic mass is 19.1. The molecule has 0 saturated carbocycles. The van der Waals surface area contributed by atoms with Crippen molar-refractivity contribution >= 4 is 17.6 Å². The molecule has 0 spiro atoms. The average Bonchev–Trinajstić information content (AvgIpc) is 2.86. The van der Waals surface area contributed by atoms with Gasteiger partial charge in [-0.15, -0.1) is 0 Å². The van der Waals surface area contributed by atoms with E-state index in [2.05, 4.69) is 0 Å². The van der Waals surface area contributed by atoms with Crippen LogP contribution in [0.1, 0.15) is 50.8 Å². The van der Waals surface area contributed by atoms with Crippen LogP contribution in [-0.4, -0.2) is 35.6 Å². The SMILES string of the molecule is CC(=O)c1ccc(OCCCCN2C(=O)c3ccccc3C2=O)cc1F. The normalized spacial score (nSPS) is 13.1. The molecule has 3 rings (SSSR count). The number of ketones is 1. The number of fused-ring (bicyclic) bond motifs is 1. The van der Waals surface area contributed by atoms with Gasteiger partial charge in [0, 0.05) is 12.6 Å². The molecule has 0 radical (unpaired) electrons. The Kier molecular flexibility index (Phi) is 5.11. The first-order chi connectivity index (χ1) is 12.5. The smallest absolute Gasteiger partial charge is 0.261 e. The Morgan fingerprint density at radius 3 is 2.27 bits per heavy atom. The van der Waals surface area contributed by atoms with Crippen LogP contribution in [-0.2, 0) is 0 Å². The summed E-state index contributed by atoms with van der Waals surface area (Å²) in [5, 5.41) is 0. The van der Waals surface area contributed by atoms with Crippen LogP contribution in [0, 0.1) is 5.82 Å². The number of carbonyl (C=O) groups excluding carboxylic acids is 3. The zero-order chi connectivity index (χ0) is 18.7. The van der Waals surface area contributed by atoms with E-state index in [9.17, 15) is 18.8 Å². The molecule has 0 aromatic heterocycles. The van der Waals surface area contributed by atoms with Gasteiger partial charge in [-0.05, 0) is 44.0 Å². The molecule has 2 aromatic carbocycles. The number of imide groups is 1. The summed E-state index contributed by atoms with van der Waals surface area (Å²) in [4.78, 5) is 36.9. The van der Waals surface area contributed by atoms with Gasteiger partial charge >= 0.3 is 0 Å². The van der Waals surface area contributed by atoms with Crippen molar-refractivity contribution in [3.05, 3.63) is 65.0 Å². The van der Waals surface area contributed by atoms with Gasteiger partial charge in [-0.3, -0.25) is 19.3 Å². The lowest BCUT2D eigenvalue weighted by atomic mass is 10.1. The molecule has 0 N–H and O–H groups in total. The summed E-state index contributed by atoms with van der Waals surface area (Å²) in [5.41, 5.74) is 0.910. The maximum atomic E-state index is 13.7. The van der Waals surface area contributed by atoms with Crippen molar-refractivity contribution in [3.8, 4) is 5.75 Å². The molecule has 5 nitrogen and oxygen atoms in total. The molecule has 0 bridgehead atoms. The van der Waals surface area contributed by atoms with Gasteiger partial charge in [-0.1, -0.05) is 12.1 Å². The molecule has 26 heavy (non-hydrogen) atoms. The number of nitrogens with zero attached hydrogens (tertiary/aromatic N) is 1. The Morgan fingerprint density at radius 1 is 1.04 bits per heavy atom. The van der Waals surface area contributed by atoms with Crippen LogP contribution in [0.2, 0.25) is 0 Å². The third kappa shape index (κ3) is 3.49. The molecule has 2 aromatic rings. The lowest BCUT2D eigenvalue weighted by Crippen LogP contribution is -2.30. The number of rotatable bonds is 7. The van der Waals surface area contributed by atoms with Gasteiger partial charge in [0.25, 0.3) is 11.8 Å². The number of halogens is 1. The number of ether oxygens (including phenoxy) is 1. The number of unbranched alkanes of at least 4 members (excludes halogenated alkanes) is 1. The number of hydrogen-bond donors (Lipinski definition) is 0. The van der Waals surface area contributed by atoms with Gasteiger partial charge in [0.05, 0.1) is 23.3 Å². The predicted octanol–water partition coefficient (Wildman–Crippen LogP) is 3.48. The van der Waals surface area contributed by atoms with Crippen molar-refractivity contribution in [3.63, 3.8) is 0 Å². The highest BCUT2D eigenvalue weighted by molar-refractivity contribution is 6.21. The van der Waals surface area contributed by atoms with Crippen molar-refractivity contribution in [2.24, 2.45) is 0 Å². The van der Waals surface area contributed by atoms with Crippen LogP contribution in [0.4, 0.5) is 4.39 Å². The molecule has 6 heteroatoms. The molecule has 1 heterocycles. The minimum atomic E-state index is -0.610. The van der Waals surface area contributed by atoms with E-state index in [1.807, 2.05) is 0 Å². The quantitative estimate of drug-likeness (QED) is 0.433. The second-order valence-corrected chi connectivity index (χ2v) is 6.06. The van der Waals surface area contributed by atoms with Crippen LogP contribution in [0.15, 0.2) is 42.5 Å². The molecule has 0 fully saturated rings. The maximum absolute atomic E-state index is 13.7. The van der Waals surface area contributed by atoms with Crippen molar-refractivity contribution in [1.29, 1.82) is 0 Å². The van der Waals surface area contributed by atoms with E-state index < -0.39 is 5.82 Å². The van der Waals surface area contributed by atoms with Gasteiger partial charge in [0.1, 0.15) is 11.6 Å². The minimum Gasteiger partial charge on any atom is -0.493 e. The van der Waals surface area contributed by atoms with Gasteiger partial charge in [0.2, 0.25) is 0 Å². The van der Waals surface area contributed by atoms with E-state index in [4.69, 9.17) is 4.74 Å². The van der Waals surface area contributed by atoms with Crippen LogP contribution < -0.4 is 4.74 Å². The van der Waals surface area contributed by atoms with Gasteiger partial charge in [0.15, 0.2) is 5.78 Å². The summed E-state index contributed by atoms with van der Waals surface area (Å²) in [7, 11) is 0. The molecule has 0 unspecified atom stereocenters. The molecule has 1 aliphatic rings. The Balaban J connectivity index is 1.47. The fourth-order valence-corrected chi connectivity index (χ4v) is 2.88. The highest BCUT2D eigenvalue weighted by Crippen LogP contribution is 2.23. The molecular formula is C20H18FNO4. The first-order valence-electron chi connectivity index (χ1n) is 8.37. The van der Waals surface area contributed by atoms with Crippen molar-refractivity contribution in [1.82, 2.24) is 4.90 Å². The summed E-state index contributed by atoms with van der Waals surface area (Å²) < 4.78 is 19.2. The van der Waals surface area contributed by atoms with E-state index in [1.165, 1.54) is 24.0 Å². The third-order valence-electron chi connectivity index (χ3n) is 4.24. The lowest BCUT2D eigenvalue weighted by Gasteiger charge is -2.13. The van der Waals surface area contributed by atoms with E-state index in [1.54, 1.807) is 30.3 Å². The second-order valence-electron chi connectivity index (χ2n) is 6.06. The van der Waals surface area contributed by atoms with E-state index in [-0.39, 0.29) is 23.2 Å². The largest absolute Gasteiger partial charge is 0.493 e. The number of Topliss-reactive ketones (excluding diaryl/α,β-unsaturated/α-hetero) is 1. The van der Waals surface area contributed by atoms with Crippen LogP contribution in [0.25, 0.3) is 0 Å². The fraction of sp³-hybridized carbons (Fsp3) is 0.250. The molecule has 0 saturated heterocycles. The molecule has 1 aliphatic heterocycles. The molecular weight excluding hydrogens is 337 g/mol. The van der Waals surface area contributed by atoms with E-state index in [0.29, 0.717) is 42.9 Å². The van der Waals surface area contributed by atoms with Crippen molar-refractivity contribution in [2.45, 2.75) is 19.8 Å². The Morgan fingerprint density at radius 2 is 1.69 bits per heavy atom. The molecule has 134 valence electrons. The van der Waals surface area contributed by atoms with Crippen molar-refractivity contribution in [2.75, 3.05) is 13.2 Å². The number of hydrogen-bond acceptors (Lipinski definition) is 4. The lowest BCUT2D eigenvalue weighted by molar-refractivity contribution is 0.0649. The number of carbonyl (C=O) groups is 3. The summed E-state index contributed by atoms with van der Waals surface area (Å²) >= 11 is 0. The molecule has 0 aliphatic carbocycles. The standard InChI is InChI=1S/C20H18FNO4/c1-13(23)15-9-8-14(12-18(15)21)26-11-5-4-10-22-19(24)16-6-2-3-7-17(16)20(22)25/h2-3,6-9,12H,4-5,10-11H2,1H3. The first-order valence-corrected chi connectivity index (χ1v) is 8.37. The summed E-state index contributed by atoms with van der Waals surface area (Å²) in [6.07, 6.45) is 1.18. The van der Waals surface area contributed by atoms with Crippen LogP contribution in [0.3, 0.4) is 0 Å². The van der Waals surface area contributed by atoms with E-state index >= 15 is 0 Å². The fourth-order valence-electron chi connectivity index (χ4n) is 2.88. The maximum Gasteiger partial charge on any atom is 0.261 e. The second kappa shape index (κ2) is 7.47. The predicted molar refractivity (Wildman–Crippen MR) is 92.9 cm³/mol. The average molecular weight is 355 g/mol. The zero-order valence-corrected chi connectivity index (χ0v) is 14.3.